The van der Waals surface area contributed by atoms with E-state index in [1.165, 1.54) is 21.5 Å². The van der Waals surface area contributed by atoms with Crippen molar-refractivity contribution in [2.75, 3.05) is 13.1 Å². The van der Waals surface area contributed by atoms with E-state index in [2.05, 4.69) is 42.7 Å². The molecule has 1 aliphatic heterocycles. The van der Waals surface area contributed by atoms with Crippen molar-refractivity contribution < 1.29 is 21.6 Å². The Bertz CT molecular complexity index is 1620. The van der Waals surface area contributed by atoms with Crippen LogP contribution >= 0.6 is 0 Å². The van der Waals surface area contributed by atoms with Crippen LogP contribution in [0.25, 0.3) is 16.5 Å². The number of aryl methyl sites for hydroxylation is 1. The lowest BCUT2D eigenvalue weighted by molar-refractivity contribution is -0.137. The van der Waals surface area contributed by atoms with Crippen LogP contribution < -0.4 is 0 Å². The van der Waals surface area contributed by atoms with Crippen molar-refractivity contribution in [3.8, 4) is 0 Å². The van der Waals surface area contributed by atoms with Crippen molar-refractivity contribution in [2.45, 2.75) is 37.9 Å². The summed E-state index contributed by atoms with van der Waals surface area (Å²) in [5, 5.41) is 1.11. The zero-order valence-corrected chi connectivity index (χ0v) is 21.4. The largest absolute Gasteiger partial charge is 0.416 e. The normalized spacial score (nSPS) is 15.2. The van der Waals surface area contributed by atoms with Crippen LogP contribution in [0.15, 0.2) is 83.8 Å². The fourth-order valence-corrected chi connectivity index (χ4v) is 6.50. The average Bonchev–Trinajstić information content (AvgIpc) is 3.16. The fourth-order valence-electron chi connectivity index (χ4n) is 5.08. The lowest BCUT2D eigenvalue weighted by Gasteiger charge is -2.26. The first kappa shape index (κ1) is 25.3. The van der Waals surface area contributed by atoms with E-state index in [1.807, 2.05) is 30.3 Å². The van der Waals surface area contributed by atoms with Gasteiger partial charge in [-0.25, -0.2) is 8.42 Å². The second kappa shape index (κ2) is 9.50. The van der Waals surface area contributed by atoms with Gasteiger partial charge in [-0.3, -0.25) is 0 Å². The van der Waals surface area contributed by atoms with Crippen molar-refractivity contribution >= 4 is 26.5 Å². The van der Waals surface area contributed by atoms with Gasteiger partial charge >= 0.3 is 6.18 Å². The fraction of sp³-hybridized carbons (Fsp3) is 0.241. The molecule has 5 rings (SSSR count). The maximum Gasteiger partial charge on any atom is 0.416 e. The monoisotopic (exact) mass is 524 g/mol. The highest BCUT2D eigenvalue weighted by Crippen LogP contribution is 2.36. The number of sulfonamides is 1. The number of alkyl halides is 3. The zero-order valence-electron chi connectivity index (χ0n) is 20.6. The van der Waals surface area contributed by atoms with Crippen LogP contribution in [0.4, 0.5) is 13.2 Å². The number of halogens is 3. The summed E-state index contributed by atoms with van der Waals surface area (Å²) < 4.78 is 69.3. The summed E-state index contributed by atoms with van der Waals surface area (Å²) in [6.07, 6.45) is -2.25. The minimum atomic E-state index is -4.61. The Morgan fingerprint density at radius 2 is 1.65 bits per heavy atom. The van der Waals surface area contributed by atoms with Gasteiger partial charge in [-0.05, 0) is 61.2 Å². The quantitative estimate of drug-likeness (QED) is 0.288. The third-order valence-electron chi connectivity index (χ3n) is 7.11. The summed E-state index contributed by atoms with van der Waals surface area (Å²) in [5.74, 6) is 0. The van der Waals surface area contributed by atoms with Crippen LogP contribution in [0.5, 0.6) is 0 Å². The molecule has 3 aromatic carbocycles. The number of para-hydroxylation sites is 1. The summed E-state index contributed by atoms with van der Waals surface area (Å²) in [7, 11) is -4.06. The molecular formula is C29H27F3N2O2S. The Kier molecular flexibility index (Phi) is 6.50. The molecule has 4 nitrogen and oxygen atoms in total. The zero-order chi connectivity index (χ0) is 26.4. The van der Waals surface area contributed by atoms with Gasteiger partial charge in [0, 0.05) is 41.8 Å². The molecule has 0 saturated heterocycles. The predicted molar refractivity (Wildman–Crippen MR) is 140 cm³/mol. The number of aromatic nitrogens is 1. The highest BCUT2D eigenvalue weighted by Gasteiger charge is 2.33. The molecule has 0 aliphatic carbocycles. The Balaban J connectivity index is 1.48. The maximum absolute atomic E-state index is 13.2. The Morgan fingerprint density at radius 1 is 0.919 bits per heavy atom. The maximum atomic E-state index is 13.2. The summed E-state index contributed by atoms with van der Waals surface area (Å²) in [6.45, 7) is 5.20. The lowest BCUT2D eigenvalue weighted by Crippen LogP contribution is -2.34. The van der Waals surface area contributed by atoms with E-state index in [4.69, 9.17) is 0 Å². The second-order valence-electron chi connectivity index (χ2n) is 9.36. The molecule has 0 atom stereocenters. The van der Waals surface area contributed by atoms with Crippen molar-refractivity contribution in [3.05, 3.63) is 107 Å². The van der Waals surface area contributed by atoms with E-state index in [0.29, 0.717) is 12.5 Å². The molecule has 192 valence electrons. The first-order valence-electron chi connectivity index (χ1n) is 12.1. The molecule has 0 saturated carbocycles. The van der Waals surface area contributed by atoms with Gasteiger partial charge in [0.25, 0.3) is 0 Å². The lowest BCUT2D eigenvalue weighted by atomic mass is 9.97. The van der Waals surface area contributed by atoms with Gasteiger partial charge in [0.05, 0.1) is 10.5 Å². The van der Waals surface area contributed by atoms with E-state index in [0.717, 1.165) is 46.4 Å². The molecule has 4 aromatic rings. The molecule has 0 bridgehead atoms. The molecule has 0 amide bonds. The molecule has 0 radical (unpaired) electrons. The molecular weight excluding hydrogens is 497 g/mol. The van der Waals surface area contributed by atoms with Gasteiger partial charge in [-0.1, -0.05) is 54.6 Å². The first-order chi connectivity index (χ1) is 17.6. The van der Waals surface area contributed by atoms with E-state index in [1.54, 1.807) is 0 Å². The molecule has 0 N–H and O–H groups in total. The summed E-state index contributed by atoms with van der Waals surface area (Å²) in [5.41, 5.74) is 5.83. The van der Waals surface area contributed by atoms with Gasteiger partial charge in [0.2, 0.25) is 10.0 Å². The molecule has 2 heterocycles. The van der Waals surface area contributed by atoms with Crippen LogP contribution in [0.3, 0.4) is 0 Å². The molecule has 0 fully saturated rings. The van der Waals surface area contributed by atoms with Crippen LogP contribution in [0.1, 0.15) is 34.4 Å². The van der Waals surface area contributed by atoms with Crippen molar-refractivity contribution in [3.63, 3.8) is 0 Å². The van der Waals surface area contributed by atoms with Crippen molar-refractivity contribution in [2.24, 2.45) is 0 Å². The minimum Gasteiger partial charge on any atom is -0.340 e. The number of benzene rings is 3. The van der Waals surface area contributed by atoms with Crippen LogP contribution in [0.2, 0.25) is 0 Å². The topological polar surface area (TPSA) is 42.3 Å². The van der Waals surface area contributed by atoms with Crippen LogP contribution in [-0.2, 0) is 22.7 Å². The standard InChI is InChI=1S/C29H27F3N2O2S/c1-20-8-3-4-9-23(20)19-34-21(2)28(26-12-5-6-13-27(26)34)22-14-16-33(17-15-22)37(35,36)25-11-7-10-24(18-25)29(30,31)32/h3-14,18H,15-17,19H2,1-2H3. The predicted octanol–water partition coefficient (Wildman–Crippen LogP) is 6.80. The summed E-state index contributed by atoms with van der Waals surface area (Å²) >= 11 is 0. The average molecular weight is 525 g/mol. The van der Waals surface area contributed by atoms with Gasteiger partial charge in [-0.15, -0.1) is 0 Å². The molecule has 1 aliphatic rings. The third kappa shape index (κ3) is 4.71. The smallest absolute Gasteiger partial charge is 0.340 e. The Hall–Kier alpha value is -3.36. The molecule has 0 spiro atoms. The number of fused-ring (bicyclic) bond motifs is 1. The molecule has 0 unspecified atom stereocenters. The highest BCUT2D eigenvalue weighted by molar-refractivity contribution is 7.89. The molecule has 1 aromatic heterocycles. The summed E-state index contributed by atoms with van der Waals surface area (Å²) in [4.78, 5) is -0.342. The summed E-state index contributed by atoms with van der Waals surface area (Å²) in [6, 6.07) is 20.4. The Labute approximate surface area is 214 Å². The van der Waals surface area contributed by atoms with Gasteiger partial charge in [-0.2, -0.15) is 17.5 Å². The third-order valence-corrected chi connectivity index (χ3v) is 8.97. The number of hydrogen-bond donors (Lipinski definition) is 0. The number of hydrogen-bond acceptors (Lipinski definition) is 2. The van der Waals surface area contributed by atoms with Crippen molar-refractivity contribution in [1.82, 2.24) is 8.87 Å². The van der Waals surface area contributed by atoms with E-state index in [9.17, 15) is 21.6 Å². The number of nitrogens with zero attached hydrogens (tertiary/aromatic N) is 2. The van der Waals surface area contributed by atoms with E-state index >= 15 is 0 Å². The van der Waals surface area contributed by atoms with Crippen molar-refractivity contribution in [1.29, 1.82) is 0 Å². The first-order valence-corrected chi connectivity index (χ1v) is 13.5. The van der Waals surface area contributed by atoms with E-state index in [-0.39, 0.29) is 18.0 Å². The molecule has 8 heteroatoms. The SMILES string of the molecule is Cc1ccccc1Cn1c(C)c(C2=CCN(S(=O)(=O)c3cccc(C(F)(F)F)c3)CC2)c2ccccc21. The van der Waals surface area contributed by atoms with Gasteiger partial charge in [0.1, 0.15) is 0 Å². The van der Waals surface area contributed by atoms with Crippen LogP contribution in [-0.4, -0.2) is 30.4 Å². The van der Waals surface area contributed by atoms with Gasteiger partial charge in [0.15, 0.2) is 0 Å². The van der Waals surface area contributed by atoms with Gasteiger partial charge < -0.3 is 4.57 Å². The highest BCUT2D eigenvalue weighted by atomic mass is 32.2. The molecule has 37 heavy (non-hydrogen) atoms. The Morgan fingerprint density at radius 3 is 2.35 bits per heavy atom. The van der Waals surface area contributed by atoms with E-state index < -0.39 is 21.8 Å². The second-order valence-corrected chi connectivity index (χ2v) is 11.3. The number of rotatable bonds is 5. The van der Waals surface area contributed by atoms with Crippen LogP contribution in [0, 0.1) is 13.8 Å². The minimum absolute atomic E-state index is 0.102.